The lowest BCUT2D eigenvalue weighted by Crippen LogP contribution is -1.99. The van der Waals surface area contributed by atoms with Crippen molar-refractivity contribution in [2.24, 2.45) is 5.73 Å². The van der Waals surface area contributed by atoms with E-state index >= 15 is 0 Å². The van der Waals surface area contributed by atoms with Crippen LogP contribution < -0.4 is 5.73 Å². The summed E-state index contributed by atoms with van der Waals surface area (Å²) in [5.74, 6) is -0.364. The second-order valence-electron chi connectivity index (χ2n) is 1.78. The van der Waals surface area contributed by atoms with E-state index < -0.39 is 0 Å². The van der Waals surface area contributed by atoms with E-state index in [0.29, 0.717) is 12.2 Å². The van der Waals surface area contributed by atoms with Crippen LogP contribution in [-0.2, 0) is 6.54 Å². The molecule has 0 aliphatic heterocycles. The second-order valence-corrected chi connectivity index (χ2v) is 2.53. The highest BCUT2D eigenvalue weighted by Gasteiger charge is 1.99. The smallest absolute Gasteiger partial charge is 0.155 e. The SMILES string of the molecule is NCc1ccc(F)c(Br)n1. The van der Waals surface area contributed by atoms with Gasteiger partial charge in [-0.05, 0) is 28.1 Å². The third kappa shape index (κ3) is 1.52. The second kappa shape index (κ2) is 3.07. The molecule has 4 heteroatoms. The monoisotopic (exact) mass is 204 g/mol. The van der Waals surface area contributed by atoms with Crippen molar-refractivity contribution in [2.45, 2.75) is 6.54 Å². The van der Waals surface area contributed by atoms with Crippen molar-refractivity contribution in [3.63, 3.8) is 0 Å². The molecule has 10 heavy (non-hydrogen) atoms. The Morgan fingerprint density at radius 1 is 1.60 bits per heavy atom. The topological polar surface area (TPSA) is 38.9 Å². The van der Waals surface area contributed by atoms with Crippen LogP contribution in [0.2, 0.25) is 0 Å². The van der Waals surface area contributed by atoms with Crippen LogP contribution in [0.1, 0.15) is 5.69 Å². The van der Waals surface area contributed by atoms with Gasteiger partial charge in [0, 0.05) is 6.54 Å². The maximum atomic E-state index is 12.5. The molecule has 1 rings (SSSR count). The maximum absolute atomic E-state index is 12.5. The quantitative estimate of drug-likeness (QED) is 0.704. The normalized spacial score (nSPS) is 9.90. The Morgan fingerprint density at radius 3 is 2.80 bits per heavy atom. The summed E-state index contributed by atoms with van der Waals surface area (Å²) in [5.41, 5.74) is 5.94. The largest absolute Gasteiger partial charge is 0.325 e. The number of aromatic nitrogens is 1. The summed E-state index contributed by atoms with van der Waals surface area (Å²) in [6, 6.07) is 2.89. The molecule has 0 aromatic carbocycles. The lowest BCUT2D eigenvalue weighted by atomic mass is 10.3. The van der Waals surface area contributed by atoms with Crippen LogP contribution in [0.15, 0.2) is 16.7 Å². The first kappa shape index (κ1) is 7.63. The summed E-state index contributed by atoms with van der Waals surface area (Å²) in [5, 5.41) is 0. The van der Waals surface area contributed by atoms with Crippen LogP contribution in [0.5, 0.6) is 0 Å². The number of rotatable bonds is 1. The molecule has 1 aromatic heterocycles. The Hall–Kier alpha value is -0.480. The van der Waals surface area contributed by atoms with Gasteiger partial charge in [-0.25, -0.2) is 9.37 Å². The van der Waals surface area contributed by atoms with Gasteiger partial charge < -0.3 is 5.73 Å². The summed E-state index contributed by atoms with van der Waals surface area (Å²) in [6.07, 6.45) is 0. The average molecular weight is 205 g/mol. The Balaban J connectivity index is 3.04. The minimum atomic E-state index is -0.364. The number of nitrogens with two attached hydrogens (primary N) is 1. The number of hydrogen-bond donors (Lipinski definition) is 1. The lowest BCUT2D eigenvalue weighted by molar-refractivity contribution is 0.610. The van der Waals surface area contributed by atoms with E-state index in [0.717, 1.165) is 0 Å². The molecule has 54 valence electrons. The molecule has 0 bridgehead atoms. The molecule has 0 aliphatic carbocycles. The summed E-state index contributed by atoms with van der Waals surface area (Å²) in [7, 11) is 0. The fourth-order valence-electron chi connectivity index (χ4n) is 0.569. The molecule has 2 nitrogen and oxygen atoms in total. The maximum Gasteiger partial charge on any atom is 0.155 e. The first-order valence-electron chi connectivity index (χ1n) is 2.75. The van der Waals surface area contributed by atoms with Crippen LogP contribution >= 0.6 is 15.9 Å². The summed E-state index contributed by atoms with van der Waals surface area (Å²) < 4.78 is 12.7. The molecular formula is C6H6BrFN2. The van der Waals surface area contributed by atoms with Gasteiger partial charge in [-0.2, -0.15) is 0 Å². The minimum absolute atomic E-state index is 0.218. The Labute approximate surface area is 66.4 Å². The molecule has 0 spiro atoms. The Morgan fingerprint density at radius 2 is 2.30 bits per heavy atom. The van der Waals surface area contributed by atoms with Crippen molar-refractivity contribution in [1.29, 1.82) is 0 Å². The molecule has 0 amide bonds. The average Bonchev–Trinajstić information content (AvgIpc) is 1.95. The number of halogens is 2. The van der Waals surface area contributed by atoms with Crippen molar-refractivity contribution >= 4 is 15.9 Å². The van der Waals surface area contributed by atoms with E-state index in [9.17, 15) is 4.39 Å². The standard InChI is InChI=1S/C6H6BrFN2/c7-6-5(8)2-1-4(3-9)10-6/h1-2H,3,9H2. The van der Waals surface area contributed by atoms with E-state index in [-0.39, 0.29) is 10.4 Å². The molecule has 0 saturated heterocycles. The molecule has 2 N–H and O–H groups in total. The van der Waals surface area contributed by atoms with Gasteiger partial charge in [0.1, 0.15) is 4.60 Å². The zero-order valence-electron chi connectivity index (χ0n) is 5.14. The van der Waals surface area contributed by atoms with E-state index in [1.165, 1.54) is 6.07 Å². The third-order valence-electron chi connectivity index (χ3n) is 1.07. The van der Waals surface area contributed by atoms with E-state index in [1.54, 1.807) is 6.07 Å². The molecule has 0 unspecified atom stereocenters. The number of pyridine rings is 1. The zero-order valence-corrected chi connectivity index (χ0v) is 6.73. The van der Waals surface area contributed by atoms with Crippen molar-refractivity contribution in [1.82, 2.24) is 4.98 Å². The molecule has 0 aliphatic rings. The molecule has 0 radical (unpaired) electrons. The van der Waals surface area contributed by atoms with Crippen molar-refractivity contribution in [2.75, 3.05) is 0 Å². The Kier molecular flexibility index (Phi) is 2.34. The summed E-state index contributed by atoms with van der Waals surface area (Å²) in [4.78, 5) is 3.81. The summed E-state index contributed by atoms with van der Waals surface area (Å²) in [6.45, 7) is 0.332. The lowest BCUT2D eigenvalue weighted by Gasteiger charge is -1.96. The van der Waals surface area contributed by atoms with Crippen LogP contribution in [0.4, 0.5) is 4.39 Å². The van der Waals surface area contributed by atoms with Crippen LogP contribution in [0.25, 0.3) is 0 Å². The van der Waals surface area contributed by atoms with Crippen molar-refractivity contribution in [3.05, 3.63) is 28.2 Å². The first-order chi connectivity index (χ1) is 4.74. The molecule has 1 heterocycles. The van der Waals surface area contributed by atoms with E-state index in [1.807, 2.05) is 0 Å². The van der Waals surface area contributed by atoms with Gasteiger partial charge in [0.2, 0.25) is 0 Å². The third-order valence-corrected chi connectivity index (χ3v) is 1.63. The van der Waals surface area contributed by atoms with Crippen molar-refractivity contribution in [3.8, 4) is 0 Å². The van der Waals surface area contributed by atoms with E-state index in [4.69, 9.17) is 5.73 Å². The van der Waals surface area contributed by atoms with Gasteiger partial charge >= 0.3 is 0 Å². The van der Waals surface area contributed by atoms with Gasteiger partial charge in [-0.15, -0.1) is 0 Å². The molecule has 0 atom stereocenters. The highest BCUT2D eigenvalue weighted by atomic mass is 79.9. The van der Waals surface area contributed by atoms with Gasteiger partial charge in [0.05, 0.1) is 5.69 Å². The minimum Gasteiger partial charge on any atom is -0.325 e. The predicted molar refractivity (Wildman–Crippen MR) is 39.8 cm³/mol. The Bertz CT molecular complexity index is 239. The van der Waals surface area contributed by atoms with Gasteiger partial charge in [-0.1, -0.05) is 0 Å². The molecule has 0 saturated carbocycles. The highest BCUT2D eigenvalue weighted by molar-refractivity contribution is 9.10. The van der Waals surface area contributed by atoms with Crippen LogP contribution in [-0.4, -0.2) is 4.98 Å². The molecule has 1 aromatic rings. The zero-order chi connectivity index (χ0) is 7.56. The molecule has 0 fully saturated rings. The van der Waals surface area contributed by atoms with Crippen LogP contribution in [0.3, 0.4) is 0 Å². The highest BCUT2D eigenvalue weighted by Crippen LogP contribution is 2.11. The van der Waals surface area contributed by atoms with Gasteiger partial charge in [-0.3, -0.25) is 0 Å². The van der Waals surface area contributed by atoms with Crippen molar-refractivity contribution < 1.29 is 4.39 Å². The van der Waals surface area contributed by atoms with Crippen LogP contribution in [0, 0.1) is 5.82 Å². The predicted octanol–water partition coefficient (Wildman–Crippen LogP) is 1.44. The number of hydrogen-bond acceptors (Lipinski definition) is 2. The first-order valence-corrected chi connectivity index (χ1v) is 3.54. The fourth-order valence-corrected chi connectivity index (χ4v) is 0.928. The van der Waals surface area contributed by atoms with E-state index in [2.05, 4.69) is 20.9 Å². The summed E-state index contributed by atoms with van der Waals surface area (Å²) >= 11 is 2.95. The number of nitrogens with zero attached hydrogens (tertiary/aromatic N) is 1. The van der Waals surface area contributed by atoms with Gasteiger partial charge in [0.25, 0.3) is 0 Å². The molecular weight excluding hydrogens is 199 g/mol. The fraction of sp³-hybridized carbons (Fsp3) is 0.167. The van der Waals surface area contributed by atoms with Gasteiger partial charge in [0.15, 0.2) is 5.82 Å².